The van der Waals surface area contributed by atoms with Crippen LogP contribution in [0.1, 0.15) is 95.1 Å². The van der Waals surface area contributed by atoms with Crippen LogP contribution in [0.15, 0.2) is 40.9 Å². The lowest BCUT2D eigenvalue weighted by molar-refractivity contribution is -0.156. The number of anilines is 1. The molecule has 1 atom stereocenters. The summed E-state index contributed by atoms with van der Waals surface area (Å²) in [4.78, 5) is 47.2. The lowest BCUT2D eigenvalue weighted by Crippen LogP contribution is -2.42. The zero-order valence-corrected chi connectivity index (χ0v) is 28.0. The predicted molar refractivity (Wildman–Crippen MR) is 175 cm³/mol. The molecule has 0 radical (unpaired) electrons. The van der Waals surface area contributed by atoms with Gasteiger partial charge in [-0.3, -0.25) is 14.4 Å². The van der Waals surface area contributed by atoms with Crippen molar-refractivity contribution in [3.63, 3.8) is 0 Å². The number of esters is 1. The predicted octanol–water partition coefficient (Wildman–Crippen LogP) is 7.13. The molecule has 2 aromatic heterocycles. The number of hydrogen-bond acceptors (Lipinski definition) is 7. The van der Waals surface area contributed by atoms with E-state index in [4.69, 9.17) is 14.2 Å². The van der Waals surface area contributed by atoms with E-state index in [1.165, 1.54) is 6.07 Å². The molecule has 6 rings (SSSR count). The van der Waals surface area contributed by atoms with Gasteiger partial charge in [0.2, 0.25) is 11.8 Å². The Kier molecular flexibility index (Phi) is 9.10. The molecule has 12 heteroatoms. The molecular weight excluding hydrogens is 620 g/mol. The number of likely N-dealkylation sites (tertiary alicyclic amines) is 1. The van der Waals surface area contributed by atoms with Gasteiger partial charge in [-0.15, -0.1) is 0 Å². The van der Waals surface area contributed by atoms with Gasteiger partial charge in [0.25, 0.3) is 0 Å². The van der Waals surface area contributed by atoms with Crippen molar-refractivity contribution in [2.45, 2.75) is 97.2 Å². The molecular formula is C36H41F2N5O5. The van der Waals surface area contributed by atoms with E-state index in [1.54, 1.807) is 30.6 Å². The second-order valence-electron chi connectivity index (χ2n) is 13.7. The summed E-state index contributed by atoms with van der Waals surface area (Å²) >= 11 is 0. The van der Waals surface area contributed by atoms with Gasteiger partial charge >= 0.3 is 5.97 Å². The van der Waals surface area contributed by atoms with E-state index in [9.17, 15) is 23.2 Å². The number of carbonyl (C=O) groups is 3. The van der Waals surface area contributed by atoms with Gasteiger partial charge in [0, 0.05) is 49.3 Å². The number of aromatic nitrogens is 3. The number of rotatable bonds is 7. The van der Waals surface area contributed by atoms with Gasteiger partial charge in [0.15, 0.2) is 11.6 Å². The fourth-order valence-electron chi connectivity index (χ4n) is 6.99. The molecule has 10 nitrogen and oxygen atoms in total. The van der Waals surface area contributed by atoms with Crippen molar-refractivity contribution in [3.05, 3.63) is 65.3 Å². The summed E-state index contributed by atoms with van der Waals surface area (Å²) in [5.74, 6) is -1.33. The molecule has 254 valence electrons. The Hall–Kier alpha value is -4.61. The topological polar surface area (TPSA) is 111 Å². The molecule has 4 aromatic rings. The molecule has 0 spiro atoms. The maximum Gasteiger partial charge on any atom is 0.306 e. The van der Waals surface area contributed by atoms with Crippen LogP contribution in [0.25, 0.3) is 22.2 Å². The Morgan fingerprint density at radius 1 is 1.00 bits per heavy atom. The van der Waals surface area contributed by atoms with Gasteiger partial charge in [-0.1, -0.05) is 11.2 Å². The Bertz CT molecular complexity index is 1850. The van der Waals surface area contributed by atoms with Crippen LogP contribution in [-0.2, 0) is 19.1 Å². The molecule has 2 saturated heterocycles. The monoisotopic (exact) mass is 661 g/mol. The summed E-state index contributed by atoms with van der Waals surface area (Å²) in [7, 11) is 0. The molecule has 2 amide bonds. The summed E-state index contributed by atoms with van der Waals surface area (Å²) in [5.41, 5.74) is 3.82. The van der Waals surface area contributed by atoms with E-state index < -0.39 is 29.2 Å². The van der Waals surface area contributed by atoms with Crippen molar-refractivity contribution in [2.75, 3.05) is 18.0 Å². The van der Waals surface area contributed by atoms with Crippen LogP contribution in [0, 0.1) is 25.5 Å². The zero-order chi connectivity index (χ0) is 34.3. The summed E-state index contributed by atoms with van der Waals surface area (Å²) in [6.07, 6.45) is 2.87. The van der Waals surface area contributed by atoms with Crippen LogP contribution in [-0.4, -0.2) is 56.1 Å². The van der Waals surface area contributed by atoms with Crippen molar-refractivity contribution >= 4 is 34.5 Å². The summed E-state index contributed by atoms with van der Waals surface area (Å²) < 4.78 is 41.3. The number of carbonyl (C=O) groups excluding carboxylic acids is 3. The lowest BCUT2D eigenvalue weighted by Gasteiger charge is -2.38. The van der Waals surface area contributed by atoms with E-state index in [2.05, 4.69) is 9.72 Å². The first-order valence-electron chi connectivity index (χ1n) is 16.5. The highest BCUT2D eigenvalue weighted by atomic mass is 19.2. The van der Waals surface area contributed by atoms with Crippen molar-refractivity contribution in [2.24, 2.45) is 0 Å². The molecule has 4 heterocycles. The standard InChI is InChI=1S/C36H41F2N5O5/c1-21-34(22(2)48-40-21)23-9-12-29-28(19-23)39-35(30-7-6-8-32(45)42(30)25-10-11-26(37)27(38)20-25)43(29)24-15-17-41(18-16-24)31(44)13-14-33(46)47-36(3,4)5/h9-12,19-20,24,30H,6-8,13-18H2,1-5H3/t30-/m0/s1. The number of benzene rings is 2. The summed E-state index contributed by atoms with van der Waals surface area (Å²) in [5, 5.41) is 4.11. The van der Waals surface area contributed by atoms with Gasteiger partial charge < -0.3 is 23.6 Å². The maximum absolute atomic E-state index is 14.4. The number of nitrogens with zero attached hydrogens (tertiary/aromatic N) is 5. The van der Waals surface area contributed by atoms with Crippen molar-refractivity contribution in [1.82, 2.24) is 19.6 Å². The zero-order valence-electron chi connectivity index (χ0n) is 28.0. The third kappa shape index (κ3) is 6.70. The minimum absolute atomic E-state index is 0.0231. The third-order valence-electron chi connectivity index (χ3n) is 9.11. The van der Waals surface area contributed by atoms with E-state index in [0.29, 0.717) is 50.4 Å². The smallest absolute Gasteiger partial charge is 0.306 e. The van der Waals surface area contributed by atoms with Crippen molar-refractivity contribution < 1.29 is 32.4 Å². The van der Waals surface area contributed by atoms with E-state index >= 15 is 0 Å². The Morgan fingerprint density at radius 2 is 1.75 bits per heavy atom. The van der Waals surface area contributed by atoms with Crippen LogP contribution in [0.5, 0.6) is 0 Å². The highest BCUT2D eigenvalue weighted by Crippen LogP contribution is 2.41. The number of imidazole rings is 1. The molecule has 2 aromatic carbocycles. The quantitative estimate of drug-likeness (QED) is 0.194. The number of aryl methyl sites for hydroxylation is 2. The summed E-state index contributed by atoms with van der Waals surface area (Å²) in [6.45, 7) is 10.1. The number of ether oxygens (including phenoxy) is 1. The molecule has 0 bridgehead atoms. The molecule has 2 fully saturated rings. The van der Waals surface area contributed by atoms with Crippen LogP contribution in [0.3, 0.4) is 0 Å². The molecule has 48 heavy (non-hydrogen) atoms. The maximum atomic E-state index is 14.4. The fourth-order valence-corrected chi connectivity index (χ4v) is 6.99. The van der Waals surface area contributed by atoms with E-state index in [0.717, 1.165) is 40.0 Å². The number of halogens is 2. The van der Waals surface area contributed by atoms with Gasteiger partial charge in [-0.05, 0) is 90.1 Å². The second kappa shape index (κ2) is 13.1. The van der Waals surface area contributed by atoms with Crippen molar-refractivity contribution in [3.8, 4) is 11.1 Å². The Labute approximate surface area is 278 Å². The first-order valence-corrected chi connectivity index (χ1v) is 16.5. The number of fused-ring (bicyclic) bond motifs is 1. The fraction of sp³-hybridized carbons (Fsp3) is 0.472. The largest absolute Gasteiger partial charge is 0.460 e. The highest BCUT2D eigenvalue weighted by molar-refractivity contribution is 5.95. The van der Waals surface area contributed by atoms with Crippen LogP contribution in [0.4, 0.5) is 14.5 Å². The average Bonchev–Trinajstić information content (AvgIpc) is 3.58. The number of piperidine rings is 2. The third-order valence-corrected chi connectivity index (χ3v) is 9.11. The Morgan fingerprint density at radius 3 is 2.42 bits per heavy atom. The highest BCUT2D eigenvalue weighted by Gasteiger charge is 2.37. The molecule has 0 saturated carbocycles. The van der Waals surface area contributed by atoms with E-state index in [-0.39, 0.29) is 42.8 Å². The molecule has 2 aliphatic heterocycles. The second-order valence-corrected chi connectivity index (χ2v) is 13.7. The molecule has 0 unspecified atom stereocenters. The number of hydrogen-bond donors (Lipinski definition) is 0. The normalized spacial score (nSPS) is 17.7. The molecule has 0 aliphatic carbocycles. The first kappa shape index (κ1) is 33.3. The lowest BCUT2D eigenvalue weighted by atomic mass is 9.98. The van der Waals surface area contributed by atoms with Crippen LogP contribution in [0.2, 0.25) is 0 Å². The van der Waals surface area contributed by atoms with Crippen LogP contribution < -0.4 is 4.90 Å². The molecule has 0 N–H and O–H groups in total. The number of amides is 2. The minimum Gasteiger partial charge on any atom is -0.460 e. The summed E-state index contributed by atoms with van der Waals surface area (Å²) in [6, 6.07) is 8.98. The first-order chi connectivity index (χ1) is 22.8. The SMILES string of the molecule is Cc1noc(C)c1-c1ccc2c(c1)nc([C@@H]1CCCC(=O)N1c1ccc(F)c(F)c1)n2C1CCN(C(=O)CCC(=O)OC(C)(C)C)CC1. The van der Waals surface area contributed by atoms with Crippen molar-refractivity contribution in [1.29, 1.82) is 0 Å². The van der Waals surface area contributed by atoms with Gasteiger partial charge in [0.1, 0.15) is 17.2 Å². The van der Waals surface area contributed by atoms with Gasteiger partial charge in [-0.2, -0.15) is 0 Å². The van der Waals surface area contributed by atoms with Crippen LogP contribution >= 0.6 is 0 Å². The average molecular weight is 662 g/mol. The Balaban J connectivity index is 1.33. The minimum atomic E-state index is -1.02. The van der Waals surface area contributed by atoms with Gasteiger partial charge in [0.05, 0.1) is 29.2 Å². The van der Waals surface area contributed by atoms with E-state index in [1.807, 2.05) is 32.0 Å². The molecule has 2 aliphatic rings. The van der Waals surface area contributed by atoms with Gasteiger partial charge in [-0.25, -0.2) is 13.8 Å².